The van der Waals surface area contributed by atoms with Crippen molar-refractivity contribution in [2.75, 3.05) is 11.9 Å². The van der Waals surface area contributed by atoms with Gasteiger partial charge in [-0.15, -0.1) is 11.3 Å². The smallest absolute Gasteiger partial charge is 0.387 e. The minimum atomic E-state index is -3.03. The number of carbonyl (C=O) groups is 2. The highest BCUT2D eigenvalue weighted by Gasteiger charge is 2.16. The molecule has 2 aromatic heterocycles. The molecule has 10 heteroatoms. The van der Waals surface area contributed by atoms with E-state index < -0.39 is 25.1 Å². The van der Waals surface area contributed by atoms with E-state index >= 15 is 0 Å². The highest BCUT2D eigenvalue weighted by molar-refractivity contribution is 7.14. The largest absolute Gasteiger partial charge is 0.451 e. The first-order valence-electron chi connectivity index (χ1n) is 7.52. The van der Waals surface area contributed by atoms with Gasteiger partial charge in [-0.25, -0.2) is 9.78 Å². The predicted octanol–water partition coefficient (Wildman–Crippen LogP) is 4.27. The van der Waals surface area contributed by atoms with Gasteiger partial charge in [0, 0.05) is 16.3 Å². The Hall–Kier alpha value is -2.85. The lowest BCUT2D eigenvalue weighted by Crippen LogP contribution is -2.21. The highest BCUT2D eigenvalue weighted by atomic mass is 32.1. The summed E-state index contributed by atoms with van der Waals surface area (Å²) in [4.78, 5) is 28.1. The second-order valence-electron chi connectivity index (χ2n) is 5.05. The van der Waals surface area contributed by atoms with E-state index in [1.54, 1.807) is 11.4 Å². The van der Waals surface area contributed by atoms with Crippen LogP contribution in [0.3, 0.4) is 0 Å². The van der Waals surface area contributed by atoms with E-state index in [-0.39, 0.29) is 17.1 Å². The van der Waals surface area contributed by atoms with Crippen LogP contribution in [0.5, 0.6) is 5.75 Å². The Balaban J connectivity index is 1.56. The van der Waals surface area contributed by atoms with Crippen molar-refractivity contribution in [1.82, 2.24) is 4.98 Å². The molecular weight excluding hydrogens is 398 g/mol. The summed E-state index contributed by atoms with van der Waals surface area (Å²) in [5, 5.41) is 8.37. The molecule has 0 bridgehead atoms. The normalized spacial score (nSPS) is 10.6. The first-order chi connectivity index (χ1) is 13.0. The first-order valence-corrected chi connectivity index (χ1v) is 9.34. The number of aromatic nitrogens is 1. The molecule has 0 aliphatic rings. The number of rotatable bonds is 7. The summed E-state index contributed by atoms with van der Waals surface area (Å²) in [6, 6.07) is 7.59. The monoisotopic (exact) mass is 410 g/mol. The maximum Gasteiger partial charge on any atom is 0.387 e. The van der Waals surface area contributed by atoms with Crippen molar-refractivity contribution in [2.45, 2.75) is 6.61 Å². The molecule has 0 aliphatic heterocycles. The fourth-order valence-electron chi connectivity index (χ4n) is 2.05. The van der Waals surface area contributed by atoms with Crippen molar-refractivity contribution < 1.29 is 27.8 Å². The SMILES string of the molecule is O=C(COC(=O)c1csc(-c2ccsc2)n1)Nc1ccccc1OC(F)F. The lowest BCUT2D eigenvalue weighted by Gasteiger charge is -2.11. The van der Waals surface area contributed by atoms with Crippen LogP contribution in [-0.2, 0) is 9.53 Å². The number of carbonyl (C=O) groups excluding carboxylic acids is 2. The molecule has 1 aromatic carbocycles. The summed E-state index contributed by atoms with van der Waals surface area (Å²) >= 11 is 2.80. The minimum absolute atomic E-state index is 0.0484. The Morgan fingerprint density at radius 1 is 1.19 bits per heavy atom. The Morgan fingerprint density at radius 2 is 2.00 bits per heavy atom. The number of anilines is 1. The number of hydrogen-bond acceptors (Lipinski definition) is 7. The molecule has 0 aliphatic carbocycles. The fourth-order valence-corrected chi connectivity index (χ4v) is 3.55. The molecule has 1 N–H and O–H groups in total. The van der Waals surface area contributed by atoms with Crippen LogP contribution >= 0.6 is 22.7 Å². The number of halogens is 2. The van der Waals surface area contributed by atoms with Crippen molar-refractivity contribution in [1.29, 1.82) is 0 Å². The summed E-state index contributed by atoms with van der Waals surface area (Å²) < 4.78 is 34.0. The molecule has 0 fully saturated rings. The number of para-hydroxylation sites is 2. The molecule has 27 heavy (non-hydrogen) atoms. The molecular formula is C17H12F2N2O4S2. The molecule has 3 rings (SSSR count). The standard InChI is InChI=1S/C17H12F2N2O4S2/c18-17(19)25-13-4-2-1-3-11(13)20-14(22)7-24-16(23)12-9-27-15(21-12)10-5-6-26-8-10/h1-6,8-9,17H,7H2,(H,20,22). The van der Waals surface area contributed by atoms with Gasteiger partial charge in [-0.2, -0.15) is 20.1 Å². The highest BCUT2D eigenvalue weighted by Crippen LogP contribution is 2.26. The third-order valence-electron chi connectivity index (χ3n) is 3.19. The van der Waals surface area contributed by atoms with Gasteiger partial charge in [-0.1, -0.05) is 12.1 Å². The third-order valence-corrected chi connectivity index (χ3v) is 4.77. The van der Waals surface area contributed by atoms with Crippen molar-refractivity contribution in [3.63, 3.8) is 0 Å². The second-order valence-corrected chi connectivity index (χ2v) is 6.69. The summed E-state index contributed by atoms with van der Waals surface area (Å²) in [7, 11) is 0. The van der Waals surface area contributed by atoms with E-state index in [1.807, 2.05) is 16.8 Å². The van der Waals surface area contributed by atoms with Gasteiger partial charge in [0.1, 0.15) is 10.8 Å². The van der Waals surface area contributed by atoms with E-state index in [2.05, 4.69) is 15.0 Å². The average molecular weight is 410 g/mol. The molecule has 0 saturated carbocycles. The fraction of sp³-hybridized carbons (Fsp3) is 0.118. The lowest BCUT2D eigenvalue weighted by atomic mass is 10.3. The maximum atomic E-state index is 12.4. The van der Waals surface area contributed by atoms with Gasteiger partial charge in [0.05, 0.1) is 5.69 Å². The number of nitrogens with zero attached hydrogens (tertiary/aromatic N) is 1. The Morgan fingerprint density at radius 3 is 2.74 bits per heavy atom. The van der Waals surface area contributed by atoms with Gasteiger partial charge in [0.25, 0.3) is 5.91 Å². The summed E-state index contributed by atoms with van der Waals surface area (Å²) in [6.07, 6.45) is 0. The topological polar surface area (TPSA) is 77.5 Å². The molecule has 0 unspecified atom stereocenters. The minimum Gasteiger partial charge on any atom is -0.451 e. The van der Waals surface area contributed by atoms with Crippen LogP contribution in [0.15, 0.2) is 46.5 Å². The van der Waals surface area contributed by atoms with E-state index in [0.29, 0.717) is 5.01 Å². The Kier molecular flexibility index (Phi) is 6.09. The molecule has 140 valence electrons. The van der Waals surface area contributed by atoms with Crippen LogP contribution < -0.4 is 10.1 Å². The van der Waals surface area contributed by atoms with Gasteiger partial charge in [0.15, 0.2) is 12.3 Å². The maximum absolute atomic E-state index is 12.4. The quantitative estimate of drug-likeness (QED) is 0.589. The zero-order chi connectivity index (χ0) is 19.2. The van der Waals surface area contributed by atoms with Gasteiger partial charge in [0.2, 0.25) is 0 Å². The van der Waals surface area contributed by atoms with E-state index in [0.717, 1.165) is 5.56 Å². The van der Waals surface area contributed by atoms with Crippen LogP contribution in [-0.4, -0.2) is 30.1 Å². The molecule has 2 heterocycles. The van der Waals surface area contributed by atoms with Crippen LogP contribution in [0.25, 0.3) is 10.6 Å². The predicted molar refractivity (Wildman–Crippen MR) is 97.4 cm³/mol. The first kappa shape index (κ1) is 18.9. The Labute approximate surface area is 160 Å². The van der Waals surface area contributed by atoms with Crippen LogP contribution in [0.1, 0.15) is 10.5 Å². The number of esters is 1. The number of alkyl halides is 2. The van der Waals surface area contributed by atoms with Crippen molar-refractivity contribution >= 4 is 40.2 Å². The number of ether oxygens (including phenoxy) is 2. The molecule has 1 amide bonds. The van der Waals surface area contributed by atoms with Gasteiger partial charge >= 0.3 is 12.6 Å². The van der Waals surface area contributed by atoms with Crippen LogP contribution in [0, 0.1) is 0 Å². The number of thiophene rings is 1. The van der Waals surface area contributed by atoms with Gasteiger partial charge < -0.3 is 14.8 Å². The van der Waals surface area contributed by atoms with E-state index in [9.17, 15) is 18.4 Å². The Bertz CT molecular complexity index is 929. The van der Waals surface area contributed by atoms with Gasteiger partial charge in [-0.3, -0.25) is 4.79 Å². The summed E-state index contributed by atoms with van der Waals surface area (Å²) in [5.74, 6) is -1.63. The van der Waals surface area contributed by atoms with E-state index in [4.69, 9.17) is 4.74 Å². The van der Waals surface area contributed by atoms with Crippen LogP contribution in [0.4, 0.5) is 14.5 Å². The molecule has 0 atom stereocenters. The molecule has 0 spiro atoms. The van der Waals surface area contributed by atoms with E-state index in [1.165, 1.54) is 40.9 Å². The van der Waals surface area contributed by atoms with Crippen molar-refractivity contribution in [3.05, 3.63) is 52.2 Å². The summed E-state index contributed by atoms with van der Waals surface area (Å²) in [6.45, 7) is -3.62. The number of thiazole rings is 1. The number of amides is 1. The second kappa shape index (κ2) is 8.69. The third kappa shape index (κ3) is 5.08. The van der Waals surface area contributed by atoms with Gasteiger partial charge in [-0.05, 0) is 23.6 Å². The summed E-state index contributed by atoms with van der Waals surface area (Å²) in [5.41, 5.74) is 1.04. The molecule has 6 nitrogen and oxygen atoms in total. The number of hydrogen-bond donors (Lipinski definition) is 1. The lowest BCUT2D eigenvalue weighted by molar-refractivity contribution is -0.119. The van der Waals surface area contributed by atoms with Crippen LogP contribution in [0.2, 0.25) is 0 Å². The zero-order valence-electron chi connectivity index (χ0n) is 13.6. The molecule has 3 aromatic rings. The zero-order valence-corrected chi connectivity index (χ0v) is 15.2. The van der Waals surface area contributed by atoms with Crippen molar-refractivity contribution in [2.24, 2.45) is 0 Å². The number of nitrogens with one attached hydrogen (secondary N) is 1. The number of benzene rings is 1. The van der Waals surface area contributed by atoms with Crippen molar-refractivity contribution in [3.8, 4) is 16.3 Å². The molecule has 0 radical (unpaired) electrons. The molecule has 0 saturated heterocycles. The average Bonchev–Trinajstić information content (AvgIpc) is 3.32.